The Bertz CT molecular complexity index is 717. The number of thioether (sulfide) groups is 1. The van der Waals surface area contributed by atoms with E-state index in [4.69, 9.17) is 0 Å². The van der Waals surface area contributed by atoms with Gasteiger partial charge in [-0.05, 0) is 43.4 Å². The number of hydrogen-bond donors (Lipinski definition) is 0. The number of rotatable bonds is 8. The number of amides is 1. The molecule has 28 heavy (non-hydrogen) atoms. The molecule has 1 heterocycles. The van der Waals surface area contributed by atoms with Gasteiger partial charge in [0.25, 0.3) is 5.91 Å². The monoisotopic (exact) mass is 407 g/mol. The molecule has 0 aliphatic carbocycles. The van der Waals surface area contributed by atoms with Crippen molar-refractivity contribution in [1.82, 2.24) is 4.90 Å². The van der Waals surface area contributed by atoms with E-state index in [0.717, 1.165) is 24.8 Å². The highest BCUT2D eigenvalue weighted by Crippen LogP contribution is 2.37. The van der Waals surface area contributed by atoms with Gasteiger partial charge in [-0.1, -0.05) is 58.0 Å². The van der Waals surface area contributed by atoms with Crippen LogP contribution in [0.3, 0.4) is 0 Å². The lowest BCUT2D eigenvalue weighted by Crippen LogP contribution is -2.47. The van der Waals surface area contributed by atoms with Gasteiger partial charge in [-0.25, -0.2) is 4.39 Å². The minimum Gasteiger partial charge on any atom is -0.325 e. The Kier molecular flexibility index (Phi) is 7.81. The SMILES string of the molecule is CCCC(SC(=O)C1CCCN1C(=O)C(=O)C(C)(C)CC)c1ccc(F)cc1. The van der Waals surface area contributed by atoms with Crippen LogP contribution in [0.25, 0.3) is 0 Å². The van der Waals surface area contributed by atoms with Gasteiger partial charge in [0.05, 0.1) is 0 Å². The zero-order valence-corrected chi connectivity index (χ0v) is 18.0. The number of hydrogen-bond acceptors (Lipinski definition) is 4. The first-order valence-electron chi connectivity index (χ1n) is 10.0. The summed E-state index contributed by atoms with van der Waals surface area (Å²) < 4.78 is 13.2. The van der Waals surface area contributed by atoms with E-state index in [-0.39, 0.29) is 16.2 Å². The highest BCUT2D eigenvalue weighted by molar-refractivity contribution is 8.14. The number of carbonyl (C=O) groups is 3. The lowest BCUT2D eigenvalue weighted by atomic mass is 9.84. The van der Waals surface area contributed by atoms with Crippen LogP contribution in [-0.4, -0.2) is 34.3 Å². The summed E-state index contributed by atoms with van der Waals surface area (Å²) in [5.41, 5.74) is 0.180. The molecule has 4 nitrogen and oxygen atoms in total. The van der Waals surface area contributed by atoms with Crippen molar-refractivity contribution in [2.45, 2.75) is 71.1 Å². The van der Waals surface area contributed by atoms with Crippen LogP contribution < -0.4 is 0 Å². The topological polar surface area (TPSA) is 54.5 Å². The molecule has 1 saturated heterocycles. The van der Waals surface area contributed by atoms with Crippen LogP contribution in [0, 0.1) is 11.2 Å². The maximum Gasteiger partial charge on any atom is 0.291 e. The molecule has 1 fully saturated rings. The lowest BCUT2D eigenvalue weighted by molar-refractivity contribution is -0.150. The standard InChI is InChI=1S/C22H30FNO3S/c1-5-8-18(15-10-12-16(23)13-11-15)28-21(27)17-9-7-14-24(17)20(26)19(25)22(3,4)6-2/h10-13,17-18H,5-9,14H2,1-4H3. The third kappa shape index (κ3) is 5.22. The predicted molar refractivity (Wildman–Crippen MR) is 110 cm³/mol. The molecule has 0 radical (unpaired) electrons. The van der Waals surface area contributed by atoms with Crippen LogP contribution >= 0.6 is 11.8 Å². The van der Waals surface area contributed by atoms with Crippen LogP contribution in [0.2, 0.25) is 0 Å². The second-order valence-electron chi connectivity index (χ2n) is 7.99. The number of benzene rings is 1. The molecule has 0 saturated carbocycles. The molecule has 0 aromatic heterocycles. The van der Waals surface area contributed by atoms with E-state index in [1.165, 1.54) is 28.8 Å². The van der Waals surface area contributed by atoms with Gasteiger partial charge in [-0.15, -0.1) is 0 Å². The number of ketones is 1. The fourth-order valence-electron chi connectivity index (χ4n) is 3.29. The minimum absolute atomic E-state index is 0.0848. The predicted octanol–water partition coefficient (Wildman–Crippen LogP) is 4.92. The number of nitrogens with zero attached hydrogens (tertiary/aromatic N) is 1. The first-order chi connectivity index (χ1) is 13.2. The molecular formula is C22H30FNO3S. The quantitative estimate of drug-likeness (QED) is 0.574. The first kappa shape index (κ1) is 22.6. The summed E-state index contributed by atoms with van der Waals surface area (Å²) >= 11 is 1.21. The molecule has 2 unspecified atom stereocenters. The zero-order valence-electron chi connectivity index (χ0n) is 17.2. The normalized spacial score (nSPS) is 18.2. The molecule has 1 aromatic rings. The maximum absolute atomic E-state index is 13.2. The van der Waals surface area contributed by atoms with E-state index in [2.05, 4.69) is 0 Å². The van der Waals surface area contributed by atoms with Crippen molar-refractivity contribution < 1.29 is 18.8 Å². The average Bonchev–Trinajstić information content (AvgIpc) is 3.17. The molecule has 1 aliphatic heterocycles. The first-order valence-corrected chi connectivity index (χ1v) is 10.9. The summed E-state index contributed by atoms with van der Waals surface area (Å²) in [5.74, 6) is -1.28. The Morgan fingerprint density at radius 3 is 2.43 bits per heavy atom. The molecule has 1 aliphatic rings. The molecule has 2 atom stereocenters. The van der Waals surface area contributed by atoms with Crippen LogP contribution in [0.5, 0.6) is 0 Å². The van der Waals surface area contributed by atoms with Gasteiger partial charge in [0.2, 0.25) is 10.9 Å². The molecule has 0 bridgehead atoms. The van der Waals surface area contributed by atoms with Crippen LogP contribution in [0.1, 0.15) is 70.6 Å². The van der Waals surface area contributed by atoms with Crippen molar-refractivity contribution in [2.75, 3.05) is 6.54 Å². The molecule has 0 N–H and O–H groups in total. The Hall–Kier alpha value is -1.69. The lowest BCUT2D eigenvalue weighted by Gasteiger charge is -2.28. The third-order valence-electron chi connectivity index (χ3n) is 5.53. The van der Waals surface area contributed by atoms with Gasteiger partial charge in [0.15, 0.2) is 0 Å². The van der Waals surface area contributed by atoms with Crippen molar-refractivity contribution in [1.29, 1.82) is 0 Å². The van der Waals surface area contributed by atoms with Crippen molar-refractivity contribution in [2.24, 2.45) is 5.41 Å². The van der Waals surface area contributed by atoms with Gasteiger partial charge >= 0.3 is 0 Å². The largest absolute Gasteiger partial charge is 0.325 e. The van der Waals surface area contributed by atoms with E-state index in [1.807, 2.05) is 13.8 Å². The number of halogens is 1. The molecule has 0 spiro atoms. The fraction of sp³-hybridized carbons (Fsp3) is 0.591. The fourth-order valence-corrected chi connectivity index (χ4v) is 4.62. The van der Waals surface area contributed by atoms with E-state index >= 15 is 0 Å². The van der Waals surface area contributed by atoms with E-state index in [0.29, 0.717) is 19.4 Å². The minimum atomic E-state index is -0.723. The smallest absolute Gasteiger partial charge is 0.291 e. The van der Waals surface area contributed by atoms with E-state index in [9.17, 15) is 18.8 Å². The van der Waals surface area contributed by atoms with Gasteiger partial charge in [0, 0.05) is 17.2 Å². The van der Waals surface area contributed by atoms with E-state index in [1.54, 1.807) is 26.0 Å². The Balaban J connectivity index is 2.13. The molecule has 6 heteroatoms. The van der Waals surface area contributed by atoms with E-state index < -0.39 is 23.1 Å². The summed E-state index contributed by atoms with van der Waals surface area (Å²) in [6, 6.07) is 5.66. The summed E-state index contributed by atoms with van der Waals surface area (Å²) in [6.07, 6.45) is 3.54. The molecule has 1 aromatic carbocycles. The van der Waals surface area contributed by atoms with Crippen LogP contribution in [-0.2, 0) is 14.4 Å². The van der Waals surface area contributed by atoms with Crippen molar-refractivity contribution in [3.05, 3.63) is 35.6 Å². The number of carbonyl (C=O) groups excluding carboxylic acids is 3. The van der Waals surface area contributed by atoms with Gasteiger partial charge in [0.1, 0.15) is 11.9 Å². The third-order valence-corrected chi connectivity index (χ3v) is 6.83. The highest BCUT2D eigenvalue weighted by Gasteiger charge is 2.41. The summed E-state index contributed by atoms with van der Waals surface area (Å²) in [4.78, 5) is 39.8. The Morgan fingerprint density at radius 2 is 1.86 bits per heavy atom. The van der Waals surface area contributed by atoms with Gasteiger partial charge in [-0.2, -0.15) is 0 Å². The van der Waals surface area contributed by atoms with Crippen molar-refractivity contribution >= 4 is 28.6 Å². The molecule has 1 amide bonds. The Morgan fingerprint density at radius 1 is 1.21 bits per heavy atom. The average molecular weight is 408 g/mol. The highest BCUT2D eigenvalue weighted by atomic mass is 32.2. The summed E-state index contributed by atoms with van der Waals surface area (Å²) in [6.45, 7) is 7.89. The number of Topliss-reactive ketones (excluding diaryl/α,β-unsaturated/α-hetero) is 1. The summed E-state index contributed by atoms with van der Waals surface area (Å²) in [5, 5.41) is -0.172. The Labute approximate surface area is 171 Å². The van der Waals surface area contributed by atoms with Crippen LogP contribution in [0.15, 0.2) is 24.3 Å². The van der Waals surface area contributed by atoms with Crippen molar-refractivity contribution in [3.8, 4) is 0 Å². The maximum atomic E-state index is 13.2. The molecule has 2 rings (SSSR count). The van der Waals surface area contributed by atoms with Crippen LogP contribution in [0.4, 0.5) is 4.39 Å². The van der Waals surface area contributed by atoms with Crippen molar-refractivity contribution in [3.63, 3.8) is 0 Å². The van der Waals surface area contributed by atoms with Gasteiger partial charge < -0.3 is 4.90 Å². The zero-order chi connectivity index (χ0) is 20.9. The molecular weight excluding hydrogens is 377 g/mol. The second kappa shape index (κ2) is 9.68. The molecule has 154 valence electrons. The second-order valence-corrected chi connectivity index (χ2v) is 9.20. The number of likely N-dealkylation sites (tertiary alicyclic amines) is 1. The van der Waals surface area contributed by atoms with Gasteiger partial charge in [-0.3, -0.25) is 14.4 Å². The summed E-state index contributed by atoms with van der Waals surface area (Å²) in [7, 11) is 0.